The first kappa shape index (κ1) is 16.5. The maximum absolute atomic E-state index is 12.4. The van der Waals surface area contributed by atoms with Crippen molar-refractivity contribution in [1.82, 2.24) is 4.90 Å². The van der Waals surface area contributed by atoms with Gasteiger partial charge in [0.2, 0.25) is 0 Å². The first-order valence-corrected chi connectivity index (χ1v) is 7.52. The van der Waals surface area contributed by atoms with Crippen molar-refractivity contribution in [3.63, 3.8) is 0 Å². The zero-order valence-electron chi connectivity index (χ0n) is 12.0. The topological polar surface area (TPSA) is 32.7 Å². The predicted molar refractivity (Wildman–Crippen MR) is 77.9 cm³/mol. The molecular formula is C15H20ClF2NO2. The molecule has 0 unspecified atom stereocenters. The van der Waals surface area contributed by atoms with Gasteiger partial charge >= 0.3 is 6.61 Å². The van der Waals surface area contributed by atoms with Crippen LogP contribution in [0.5, 0.6) is 5.75 Å². The number of alkyl halides is 2. The third-order valence-corrected chi connectivity index (χ3v) is 4.22. The van der Waals surface area contributed by atoms with E-state index in [1.165, 1.54) is 12.1 Å². The Hall–Kier alpha value is -0.910. The molecule has 1 N–H and O–H groups in total. The minimum atomic E-state index is -2.93. The molecule has 0 aromatic heterocycles. The summed E-state index contributed by atoms with van der Waals surface area (Å²) < 4.78 is 29.1. The van der Waals surface area contributed by atoms with Crippen molar-refractivity contribution in [1.29, 1.82) is 0 Å². The van der Waals surface area contributed by atoms with Crippen molar-refractivity contribution in [2.75, 3.05) is 19.6 Å². The van der Waals surface area contributed by atoms with Gasteiger partial charge in [-0.2, -0.15) is 8.78 Å². The van der Waals surface area contributed by atoms with Gasteiger partial charge in [0, 0.05) is 13.1 Å². The third kappa shape index (κ3) is 4.05. The highest BCUT2D eigenvalue weighted by Gasteiger charge is 2.34. The zero-order valence-corrected chi connectivity index (χ0v) is 12.7. The second-order valence-corrected chi connectivity index (χ2v) is 5.80. The summed E-state index contributed by atoms with van der Waals surface area (Å²) in [4.78, 5) is 2.29. The summed E-state index contributed by atoms with van der Waals surface area (Å²) >= 11 is 5.84. The molecule has 1 aliphatic heterocycles. The molecule has 0 bridgehead atoms. The van der Waals surface area contributed by atoms with Gasteiger partial charge in [-0.25, -0.2) is 0 Å². The molecule has 1 aromatic carbocycles. The van der Waals surface area contributed by atoms with Gasteiger partial charge in [0.05, 0.1) is 10.6 Å². The van der Waals surface area contributed by atoms with Crippen LogP contribution in [0.3, 0.4) is 0 Å². The first-order chi connectivity index (χ1) is 9.94. The van der Waals surface area contributed by atoms with Crippen LogP contribution in [0.25, 0.3) is 0 Å². The van der Waals surface area contributed by atoms with E-state index in [9.17, 15) is 13.9 Å². The molecule has 3 nitrogen and oxygen atoms in total. The molecule has 1 heterocycles. The molecular weight excluding hydrogens is 300 g/mol. The lowest BCUT2D eigenvalue weighted by atomic mass is 9.84. The Morgan fingerprint density at radius 3 is 2.62 bits per heavy atom. The molecule has 21 heavy (non-hydrogen) atoms. The van der Waals surface area contributed by atoms with Gasteiger partial charge in [-0.15, -0.1) is 0 Å². The lowest BCUT2D eigenvalue weighted by Crippen LogP contribution is -2.42. The smallest absolute Gasteiger partial charge is 0.387 e. The van der Waals surface area contributed by atoms with Crippen LogP contribution in [-0.4, -0.2) is 36.3 Å². The summed E-state index contributed by atoms with van der Waals surface area (Å²) in [6, 6.07) is 4.59. The lowest BCUT2D eigenvalue weighted by Gasteiger charge is -2.38. The fourth-order valence-corrected chi connectivity index (χ4v) is 2.89. The second-order valence-electron chi connectivity index (χ2n) is 5.40. The minimum Gasteiger partial charge on any atom is -0.433 e. The van der Waals surface area contributed by atoms with Crippen LogP contribution in [0.15, 0.2) is 18.2 Å². The van der Waals surface area contributed by atoms with Crippen LogP contribution in [0.2, 0.25) is 5.02 Å². The summed E-state index contributed by atoms with van der Waals surface area (Å²) in [7, 11) is 0. The summed E-state index contributed by atoms with van der Waals surface area (Å²) in [5, 5.41) is 10.9. The number of piperidine rings is 1. The van der Waals surface area contributed by atoms with Crippen molar-refractivity contribution >= 4 is 11.6 Å². The zero-order chi connectivity index (χ0) is 15.5. The maximum Gasteiger partial charge on any atom is 0.387 e. The number of rotatable bonds is 5. The molecule has 0 spiro atoms. The molecule has 0 aliphatic carbocycles. The van der Waals surface area contributed by atoms with Crippen LogP contribution in [0.4, 0.5) is 8.78 Å². The van der Waals surface area contributed by atoms with Gasteiger partial charge in [-0.3, -0.25) is 0 Å². The van der Waals surface area contributed by atoms with Gasteiger partial charge in [0.25, 0.3) is 0 Å². The number of hydrogen-bond acceptors (Lipinski definition) is 3. The predicted octanol–water partition coefficient (Wildman–Crippen LogP) is 3.63. The van der Waals surface area contributed by atoms with E-state index in [4.69, 9.17) is 11.6 Å². The summed E-state index contributed by atoms with van der Waals surface area (Å²) in [6.07, 6.45) is 2.22. The molecule has 1 aromatic rings. The number of likely N-dealkylation sites (tertiary alicyclic amines) is 1. The molecule has 118 valence electrons. The van der Waals surface area contributed by atoms with Crippen molar-refractivity contribution in [2.24, 2.45) is 0 Å². The van der Waals surface area contributed by atoms with Crippen LogP contribution in [0.1, 0.15) is 31.7 Å². The fourth-order valence-electron chi connectivity index (χ4n) is 2.73. The number of nitrogens with zero attached hydrogens (tertiary/aromatic N) is 1. The number of aliphatic hydroxyl groups is 1. The number of ether oxygens (including phenoxy) is 1. The lowest BCUT2D eigenvalue weighted by molar-refractivity contribution is -0.0511. The first-order valence-electron chi connectivity index (χ1n) is 7.14. The highest BCUT2D eigenvalue weighted by Crippen LogP contribution is 2.37. The van der Waals surface area contributed by atoms with Gasteiger partial charge in [-0.1, -0.05) is 24.6 Å². The van der Waals surface area contributed by atoms with E-state index in [2.05, 4.69) is 16.6 Å². The van der Waals surface area contributed by atoms with Crippen LogP contribution >= 0.6 is 11.6 Å². The molecule has 1 fully saturated rings. The average molecular weight is 320 g/mol. The average Bonchev–Trinajstić information content (AvgIpc) is 2.44. The highest BCUT2D eigenvalue weighted by molar-refractivity contribution is 6.32. The largest absolute Gasteiger partial charge is 0.433 e. The molecule has 1 saturated heterocycles. The third-order valence-electron chi connectivity index (χ3n) is 3.91. The van der Waals surface area contributed by atoms with Gasteiger partial charge in [0.15, 0.2) is 0 Å². The number of halogens is 3. The Bertz CT molecular complexity index is 477. The summed E-state index contributed by atoms with van der Waals surface area (Å²) in [5.41, 5.74) is -0.423. The van der Waals surface area contributed by atoms with E-state index < -0.39 is 12.2 Å². The molecule has 0 radical (unpaired) electrons. The van der Waals surface area contributed by atoms with Crippen LogP contribution in [-0.2, 0) is 5.60 Å². The van der Waals surface area contributed by atoms with Gasteiger partial charge < -0.3 is 14.7 Å². The SMILES string of the molecule is CCCN1CCC(O)(c2ccc(Cl)c(OC(F)F)c2)CC1. The molecule has 2 rings (SSSR count). The van der Waals surface area contributed by atoms with E-state index in [1.807, 2.05) is 0 Å². The Kier molecular flexibility index (Phi) is 5.41. The number of benzene rings is 1. The fraction of sp³-hybridized carbons (Fsp3) is 0.600. The summed E-state index contributed by atoms with van der Waals surface area (Å²) in [5.74, 6) is -0.0893. The molecule has 1 aliphatic rings. The summed E-state index contributed by atoms with van der Waals surface area (Å²) in [6.45, 7) is 1.78. The Balaban J connectivity index is 2.14. The maximum atomic E-state index is 12.4. The normalized spacial score (nSPS) is 19.0. The monoisotopic (exact) mass is 319 g/mol. The highest BCUT2D eigenvalue weighted by atomic mass is 35.5. The number of hydrogen-bond donors (Lipinski definition) is 1. The van der Waals surface area contributed by atoms with Gasteiger partial charge in [0.1, 0.15) is 5.75 Å². The van der Waals surface area contributed by atoms with Crippen LogP contribution in [0, 0.1) is 0 Å². The molecule has 0 amide bonds. The van der Waals surface area contributed by atoms with Crippen molar-refractivity contribution in [2.45, 2.75) is 38.4 Å². The molecule has 0 saturated carbocycles. The van der Waals surface area contributed by atoms with E-state index in [1.54, 1.807) is 6.07 Å². The Morgan fingerprint density at radius 1 is 1.38 bits per heavy atom. The quantitative estimate of drug-likeness (QED) is 0.899. The second kappa shape index (κ2) is 6.90. The van der Waals surface area contributed by atoms with E-state index in [-0.39, 0.29) is 10.8 Å². The van der Waals surface area contributed by atoms with Crippen molar-refractivity contribution < 1.29 is 18.6 Å². The Morgan fingerprint density at radius 2 is 2.05 bits per heavy atom. The standard InChI is InChI=1S/C15H20ClF2NO2/c1-2-7-19-8-5-15(20,6-9-19)11-3-4-12(16)13(10-11)21-14(17)18/h3-4,10,14,20H,2,5-9H2,1H3. The van der Waals surface area contributed by atoms with E-state index in [0.29, 0.717) is 18.4 Å². The van der Waals surface area contributed by atoms with Crippen LogP contribution < -0.4 is 4.74 Å². The Labute approximate surface area is 128 Å². The van der Waals surface area contributed by atoms with Gasteiger partial charge in [-0.05, 0) is 43.5 Å². The van der Waals surface area contributed by atoms with Crippen molar-refractivity contribution in [3.05, 3.63) is 28.8 Å². The molecule has 6 heteroatoms. The van der Waals surface area contributed by atoms with E-state index >= 15 is 0 Å². The van der Waals surface area contributed by atoms with Crippen molar-refractivity contribution in [3.8, 4) is 5.75 Å². The van der Waals surface area contributed by atoms with E-state index in [0.717, 1.165) is 26.1 Å². The minimum absolute atomic E-state index is 0.0893. The molecule has 0 atom stereocenters.